The Morgan fingerprint density at radius 1 is 1.05 bits per heavy atom. The second-order valence-corrected chi connectivity index (χ2v) is 4.37. The molecular formula is C16H10ClF3O. The molecule has 0 spiro atoms. The fraction of sp³-hybridized carbons (Fsp3) is 0.125. The van der Waals surface area contributed by atoms with Gasteiger partial charge in [-0.2, -0.15) is 0 Å². The molecule has 0 aliphatic rings. The van der Waals surface area contributed by atoms with Gasteiger partial charge in [0, 0.05) is 11.6 Å². The zero-order chi connectivity index (χ0) is 15.2. The highest BCUT2D eigenvalue weighted by atomic mass is 35.5. The van der Waals surface area contributed by atoms with Crippen LogP contribution in [0, 0.1) is 29.3 Å². The summed E-state index contributed by atoms with van der Waals surface area (Å²) in [6.45, 7) is -0.343. The van der Waals surface area contributed by atoms with Crippen LogP contribution in [0.4, 0.5) is 13.2 Å². The molecule has 1 nitrogen and oxygen atoms in total. The maximum Gasteiger partial charge on any atom is 0.132 e. The zero-order valence-corrected chi connectivity index (χ0v) is 11.6. The number of hydrogen-bond acceptors (Lipinski definition) is 1. The molecule has 5 heteroatoms. The second-order valence-electron chi connectivity index (χ2n) is 4.10. The summed E-state index contributed by atoms with van der Waals surface area (Å²) < 4.78 is 45.5. The molecule has 108 valence electrons. The highest BCUT2D eigenvalue weighted by molar-refractivity contribution is 6.19. The van der Waals surface area contributed by atoms with Crippen molar-refractivity contribution in [1.82, 2.24) is 0 Å². The first-order valence-corrected chi connectivity index (χ1v) is 6.54. The van der Waals surface area contributed by atoms with E-state index >= 15 is 0 Å². The van der Waals surface area contributed by atoms with Crippen molar-refractivity contribution in [2.24, 2.45) is 0 Å². The van der Waals surface area contributed by atoms with Crippen LogP contribution < -0.4 is 4.74 Å². The molecule has 2 aromatic rings. The van der Waals surface area contributed by atoms with Gasteiger partial charge in [0.2, 0.25) is 0 Å². The maximum absolute atomic E-state index is 13.4. The Morgan fingerprint density at radius 2 is 1.76 bits per heavy atom. The van der Waals surface area contributed by atoms with Crippen molar-refractivity contribution < 1.29 is 17.9 Å². The Balaban J connectivity index is 2.18. The van der Waals surface area contributed by atoms with Gasteiger partial charge in [0.25, 0.3) is 0 Å². The molecule has 2 rings (SSSR count). The van der Waals surface area contributed by atoms with Crippen LogP contribution in [0.1, 0.15) is 11.1 Å². The van der Waals surface area contributed by atoms with E-state index in [9.17, 15) is 13.2 Å². The lowest BCUT2D eigenvalue weighted by atomic mass is 10.2. The molecule has 0 unspecified atom stereocenters. The van der Waals surface area contributed by atoms with Gasteiger partial charge in [0.1, 0.15) is 29.8 Å². The summed E-state index contributed by atoms with van der Waals surface area (Å²) in [5, 5.41) is 0. The predicted molar refractivity (Wildman–Crippen MR) is 74.7 cm³/mol. The van der Waals surface area contributed by atoms with E-state index in [-0.39, 0.29) is 23.8 Å². The van der Waals surface area contributed by atoms with Crippen LogP contribution in [0.2, 0.25) is 0 Å². The summed E-state index contributed by atoms with van der Waals surface area (Å²) in [6, 6.07) is 7.33. The predicted octanol–water partition coefficient (Wildman–Crippen LogP) is 4.27. The molecule has 21 heavy (non-hydrogen) atoms. The molecule has 0 aromatic heterocycles. The number of alkyl halides is 1. The van der Waals surface area contributed by atoms with E-state index in [2.05, 4.69) is 11.8 Å². The van der Waals surface area contributed by atoms with Crippen molar-refractivity contribution >= 4 is 11.6 Å². The summed E-state index contributed by atoms with van der Waals surface area (Å²) in [6.07, 6.45) is 0. The van der Waals surface area contributed by atoms with Crippen LogP contribution in [0.3, 0.4) is 0 Å². The third-order valence-corrected chi connectivity index (χ3v) is 2.75. The monoisotopic (exact) mass is 310 g/mol. The second kappa shape index (κ2) is 7.05. The first kappa shape index (κ1) is 15.3. The molecule has 0 saturated heterocycles. The van der Waals surface area contributed by atoms with Gasteiger partial charge in [-0.15, -0.1) is 11.6 Å². The largest absolute Gasteiger partial charge is 0.489 e. The van der Waals surface area contributed by atoms with Crippen molar-refractivity contribution in [1.29, 1.82) is 0 Å². The van der Waals surface area contributed by atoms with Crippen molar-refractivity contribution in [3.05, 3.63) is 65.0 Å². The summed E-state index contributed by atoms with van der Waals surface area (Å²) in [5.41, 5.74) is 0.162. The first-order valence-electron chi connectivity index (χ1n) is 6.01. The average molecular weight is 311 g/mol. The van der Waals surface area contributed by atoms with Crippen molar-refractivity contribution in [2.45, 2.75) is 6.61 Å². The van der Waals surface area contributed by atoms with E-state index < -0.39 is 17.5 Å². The lowest BCUT2D eigenvalue weighted by Crippen LogP contribution is -2.02. The maximum atomic E-state index is 13.4. The molecule has 0 saturated carbocycles. The van der Waals surface area contributed by atoms with E-state index in [1.54, 1.807) is 0 Å². The van der Waals surface area contributed by atoms with Gasteiger partial charge in [-0.25, -0.2) is 13.2 Å². The minimum Gasteiger partial charge on any atom is -0.489 e. The highest BCUT2D eigenvalue weighted by Crippen LogP contribution is 2.19. The summed E-state index contributed by atoms with van der Waals surface area (Å²) in [5.74, 6) is 3.50. The molecule has 0 atom stereocenters. The Labute approximate surface area is 125 Å². The molecule has 2 aromatic carbocycles. The van der Waals surface area contributed by atoms with Gasteiger partial charge >= 0.3 is 0 Å². The van der Waals surface area contributed by atoms with Crippen molar-refractivity contribution in [3.8, 4) is 17.6 Å². The van der Waals surface area contributed by atoms with Crippen molar-refractivity contribution in [3.63, 3.8) is 0 Å². The van der Waals surface area contributed by atoms with E-state index in [4.69, 9.17) is 16.3 Å². The number of hydrogen-bond donors (Lipinski definition) is 0. The number of halogens is 4. The number of benzene rings is 2. The molecule has 0 radical (unpaired) electrons. The third kappa shape index (κ3) is 4.17. The quantitative estimate of drug-likeness (QED) is 0.607. The number of ether oxygens (including phenoxy) is 1. The highest BCUT2D eigenvalue weighted by Gasteiger charge is 2.09. The molecule has 0 aliphatic heterocycles. The van der Waals surface area contributed by atoms with Gasteiger partial charge in [0.15, 0.2) is 0 Å². The summed E-state index contributed by atoms with van der Waals surface area (Å²) in [4.78, 5) is 0. The van der Waals surface area contributed by atoms with Gasteiger partial charge in [-0.3, -0.25) is 0 Å². The Kier molecular flexibility index (Phi) is 5.13. The Bertz CT molecular complexity index is 684. The summed E-state index contributed by atoms with van der Waals surface area (Å²) in [7, 11) is 0. The van der Waals surface area contributed by atoms with Crippen LogP contribution in [-0.2, 0) is 6.61 Å². The molecule has 0 heterocycles. The van der Waals surface area contributed by atoms with E-state index in [1.807, 2.05) is 0 Å². The smallest absolute Gasteiger partial charge is 0.132 e. The number of rotatable bonds is 3. The normalized spacial score (nSPS) is 9.90. The molecule has 0 bridgehead atoms. The van der Waals surface area contributed by atoms with Gasteiger partial charge in [0.05, 0.1) is 11.4 Å². The molecule has 0 amide bonds. The average Bonchev–Trinajstić information content (AvgIpc) is 2.44. The van der Waals surface area contributed by atoms with Crippen molar-refractivity contribution in [2.75, 3.05) is 5.88 Å². The van der Waals surface area contributed by atoms with E-state index in [0.29, 0.717) is 5.56 Å². The lowest BCUT2D eigenvalue weighted by molar-refractivity contribution is 0.291. The SMILES string of the molecule is Fc1cc(C#CCCl)cc(OCc2c(F)cccc2F)c1. The summed E-state index contributed by atoms with van der Waals surface area (Å²) >= 11 is 5.43. The lowest BCUT2D eigenvalue weighted by Gasteiger charge is -2.08. The minimum absolute atomic E-state index is 0.118. The Morgan fingerprint density at radius 3 is 2.43 bits per heavy atom. The van der Waals surface area contributed by atoms with Gasteiger partial charge in [-0.05, 0) is 24.3 Å². The van der Waals surface area contributed by atoms with Crippen LogP contribution in [-0.4, -0.2) is 5.88 Å². The standard InChI is InChI=1S/C16H10ClF3O/c17-6-2-3-11-7-12(18)9-13(8-11)21-10-14-15(19)4-1-5-16(14)20/h1,4-5,7-9H,6,10H2. The van der Waals surface area contributed by atoms with Gasteiger partial charge in [-0.1, -0.05) is 17.9 Å². The van der Waals surface area contributed by atoms with Gasteiger partial charge < -0.3 is 4.74 Å². The molecule has 0 aliphatic carbocycles. The fourth-order valence-electron chi connectivity index (χ4n) is 1.68. The Hall–Kier alpha value is -2.12. The minimum atomic E-state index is -0.714. The van der Waals surface area contributed by atoms with Crippen LogP contribution in [0.25, 0.3) is 0 Å². The van der Waals surface area contributed by atoms with E-state index in [1.165, 1.54) is 18.2 Å². The van der Waals surface area contributed by atoms with E-state index in [0.717, 1.165) is 18.2 Å². The van der Waals surface area contributed by atoms with Crippen LogP contribution in [0.15, 0.2) is 36.4 Å². The van der Waals surface area contributed by atoms with Crippen LogP contribution in [0.5, 0.6) is 5.75 Å². The van der Waals surface area contributed by atoms with Crippen LogP contribution >= 0.6 is 11.6 Å². The molecule has 0 N–H and O–H groups in total. The fourth-order valence-corrected chi connectivity index (χ4v) is 1.75. The topological polar surface area (TPSA) is 9.23 Å². The zero-order valence-electron chi connectivity index (χ0n) is 10.8. The first-order chi connectivity index (χ1) is 10.1. The third-order valence-electron chi connectivity index (χ3n) is 2.62. The molecular weight excluding hydrogens is 301 g/mol. The molecule has 0 fully saturated rings.